The van der Waals surface area contributed by atoms with E-state index in [0.29, 0.717) is 12.1 Å². The molecule has 1 aliphatic rings. The number of halogens is 1. The van der Waals surface area contributed by atoms with Crippen LogP contribution in [0.4, 0.5) is 0 Å². The quantitative estimate of drug-likeness (QED) is 0.739. The molecule has 0 N–H and O–H groups in total. The fraction of sp³-hybridized carbons (Fsp3) is 0.286. The van der Waals surface area contributed by atoms with Gasteiger partial charge in [0.2, 0.25) is 0 Å². The van der Waals surface area contributed by atoms with Gasteiger partial charge in [-0.15, -0.1) is 11.6 Å². The van der Waals surface area contributed by atoms with Crippen LogP contribution >= 0.6 is 11.6 Å². The first kappa shape index (κ1) is 11.5. The first-order valence-corrected chi connectivity index (χ1v) is 6.46. The molecular formula is C14H13ClN2O. The molecule has 2 aromatic rings. The van der Waals surface area contributed by atoms with Crippen LogP contribution in [-0.2, 0) is 0 Å². The molecule has 2 heterocycles. The number of likely N-dealkylation sites (tertiary alicyclic amines) is 1. The summed E-state index contributed by atoms with van der Waals surface area (Å²) in [6.07, 6.45) is 2.61. The third-order valence-electron chi connectivity index (χ3n) is 3.29. The summed E-state index contributed by atoms with van der Waals surface area (Å²) in [5.74, 6) is 0.0525. The van der Waals surface area contributed by atoms with E-state index in [4.69, 9.17) is 11.6 Å². The molecule has 1 aromatic carbocycles. The van der Waals surface area contributed by atoms with Gasteiger partial charge < -0.3 is 4.90 Å². The van der Waals surface area contributed by atoms with Gasteiger partial charge in [0.15, 0.2) is 0 Å². The van der Waals surface area contributed by atoms with Gasteiger partial charge in [0.25, 0.3) is 5.91 Å². The maximum atomic E-state index is 12.4. The monoisotopic (exact) mass is 260 g/mol. The normalized spacial score (nSPS) is 19.4. The second-order valence-corrected chi connectivity index (χ2v) is 5.13. The highest BCUT2D eigenvalue weighted by Gasteiger charge is 2.26. The summed E-state index contributed by atoms with van der Waals surface area (Å²) in [7, 11) is 0. The molecule has 0 radical (unpaired) electrons. The van der Waals surface area contributed by atoms with Crippen molar-refractivity contribution in [3.8, 4) is 0 Å². The second kappa shape index (κ2) is 4.58. The number of aromatic nitrogens is 1. The van der Waals surface area contributed by atoms with Crippen LogP contribution in [0.1, 0.15) is 16.8 Å². The molecule has 1 aliphatic heterocycles. The van der Waals surface area contributed by atoms with E-state index < -0.39 is 0 Å². The van der Waals surface area contributed by atoms with Crippen LogP contribution in [0.15, 0.2) is 36.5 Å². The topological polar surface area (TPSA) is 33.2 Å². The molecule has 92 valence electrons. The van der Waals surface area contributed by atoms with Gasteiger partial charge in [-0.1, -0.05) is 12.1 Å². The number of alkyl halides is 1. The van der Waals surface area contributed by atoms with Crippen molar-refractivity contribution in [1.29, 1.82) is 0 Å². The summed E-state index contributed by atoms with van der Waals surface area (Å²) in [5, 5.41) is 0.991. The highest BCUT2D eigenvalue weighted by Crippen LogP contribution is 2.22. The average molecular weight is 261 g/mol. The molecule has 1 atom stereocenters. The van der Waals surface area contributed by atoms with E-state index in [-0.39, 0.29) is 11.3 Å². The van der Waals surface area contributed by atoms with Crippen molar-refractivity contribution in [2.24, 2.45) is 0 Å². The summed E-state index contributed by atoms with van der Waals surface area (Å²) in [4.78, 5) is 18.5. The number of carbonyl (C=O) groups is 1. The van der Waals surface area contributed by atoms with Crippen LogP contribution in [-0.4, -0.2) is 34.3 Å². The standard InChI is InChI=1S/C14H13ClN2O/c15-10-6-8-17(9-10)14(18)12-3-1-5-13-11(12)4-2-7-16-13/h1-5,7,10H,6,8-9H2. The molecule has 4 heteroatoms. The van der Waals surface area contributed by atoms with Gasteiger partial charge >= 0.3 is 0 Å². The molecule has 1 amide bonds. The minimum Gasteiger partial charge on any atom is -0.337 e. The summed E-state index contributed by atoms with van der Waals surface area (Å²) >= 11 is 6.05. The fourth-order valence-electron chi connectivity index (χ4n) is 2.36. The van der Waals surface area contributed by atoms with Crippen molar-refractivity contribution in [2.45, 2.75) is 11.8 Å². The van der Waals surface area contributed by atoms with Crippen molar-refractivity contribution in [3.63, 3.8) is 0 Å². The number of hydrogen-bond donors (Lipinski definition) is 0. The maximum absolute atomic E-state index is 12.4. The molecule has 3 rings (SSSR count). The second-order valence-electron chi connectivity index (χ2n) is 4.51. The predicted octanol–water partition coefficient (Wildman–Crippen LogP) is 2.69. The van der Waals surface area contributed by atoms with Crippen LogP contribution < -0.4 is 0 Å². The molecule has 0 bridgehead atoms. The maximum Gasteiger partial charge on any atom is 0.254 e. The van der Waals surface area contributed by atoms with Crippen LogP contribution in [0.3, 0.4) is 0 Å². The van der Waals surface area contributed by atoms with Crippen molar-refractivity contribution < 1.29 is 4.79 Å². The molecular weight excluding hydrogens is 248 g/mol. The molecule has 1 unspecified atom stereocenters. The van der Waals surface area contributed by atoms with E-state index in [1.165, 1.54) is 0 Å². The number of carbonyl (C=O) groups excluding carboxylic acids is 1. The molecule has 0 saturated carbocycles. The molecule has 1 fully saturated rings. The summed E-state index contributed by atoms with van der Waals surface area (Å²) in [6, 6.07) is 9.43. The van der Waals surface area contributed by atoms with Gasteiger partial charge in [-0.2, -0.15) is 0 Å². The van der Waals surface area contributed by atoms with Crippen molar-refractivity contribution in [1.82, 2.24) is 9.88 Å². The Bertz CT molecular complexity index is 594. The zero-order valence-corrected chi connectivity index (χ0v) is 10.6. The Balaban J connectivity index is 2.01. The zero-order chi connectivity index (χ0) is 12.5. The van der Waals surface area contributed by atoms with Crippen LogP contribution in [0, 0.1) is 0 Å². The van der Waals surface area contributed by atoms with Gasteiger partial charge in [0.05, 0.1) is 10.9 Å². The fourth-order valence-corrected chi connectivity index (χ4v) is 2.63. The molecule has 18 heavy (non-hydrogen) atoms. The molecule has 1 saturated heterocycles. The van der Waals surface area contributed by atoms with E-state index in [9.17, 15) is 4.79 Å². The highest BCUT2D eigenvalue weighted by atomic mass is 35.5. The minimum atomic E-state index is 0.0525. The SMILES string of the molecule is O=C(c1cccc2ncccc12)N1CCC(Cl)C1. The van der Waals surface area contributed by atoms with Gasteiger partial charge in [-0.3, -0.25) is 9.78 Å². The summed E-state index contributed by atoms with van der Waals surface area (Å²) in [6.45, 7) is 1.38. The van der Waals surface area contributed by atoms with Crippen molar-refractivity contribution >= 4 is 28.4 Å². The molecule has 0 spiro atoms. The Morgan fingerprint density at radius 3 is 3.00 bits per heavy atom. The predicted molar refractivity (Wildman–Crippen MR) is 71.9 cm³/mol. The Morgan fingerprint density at radius 2 is 2.22 bits per heavy atom. The third kappa shape index (κ3) is 1.95. The number of amides is 1. The minimum absolute atomic E-state index is 0.0525. The summed E-state index contributed by atoms with van der Waals surface area (Å²) in [5.41, 5.74) is 1.57. The van der Waals surface area contributed by atoms with E-state index in [1.807, 2.05) is 35.2 Å². The number of hydrogen-bond acceptors (Lipinski definition) is 2. The summed E-state index contributed by atoms with van der Waals surface area (Å²) < 4.78 is 0. The Hall–Kier alpha value is -1.61. The molecule has 3 nitrogen and oxygen atoms in total. The number of rotatable bonds is 1. The smallest absolute Gasteiger partial charge is 0.254 e. The average Bonchev–Trinajstić information content (AvgIpc) is 2.84. The van der Waals surface area contributed by atoms with E-state index in [2.05, 4.69) is 4.98 Å². The van der Waals surface area contributed by atoms with Crippen LogP contribution in [0.5, 0.6) is 0 Å². The van der Waals surface area contributed by atoms with E-state index >= 15 is 0 Å². The molecule has 0 aliphatic carbocycles. The van der Waals surface area contributed by atoms with Crippen LogP contribution in [0.25, 0.3) is 10.9 Å². The lowest BCUT2D eigenvalue weighted by atomic mass is 10.1. The number of nitrogens with zero attached hydrogens (tertiary/aromatic N) is 2. The number of fused-ring (bicyclic) bond motifs is 1. The van der Waals surface area contributed by atoms with Gasteiger partial charge in [-0.05, 0) is 24.6 Å². The van der Waals surface area contributed by atoms with E-state index in [1.54, 1.807) is 6.20 Å². The van der Waals surface area contributed by atoms with Crippen LogP contribution in [0.2, 0.25) is 0 Å². The van der Waals surface area contributed by atoms with Gasteiger partial charge in [-0.25, -0.2) is 0 Å². The zero-order valence-electron chi connectivity index (χ0n) is 9.84. The lowest BCUT2D eigenvalue weighted by Crippen LogP contribution is -2.28. The van der Waals surface area contributed by atoms with Gasteiger partial charge in [0.1, 0.15) is 0 Å². The third-order valence-corrected chi connectivity index (χ3v) is 3.65. The largest absolute Gasteiger partial charge is 0.337 e. The first-order valence-electron chi connectivity index (χ1n) is 6.03. The number of benzene rings is 1. The lowest BCUT2D eigenvalue weighted by molar-refractivity contribution is 0.0795. The lowest BCUT2D eigenvalue weighted by Gasteiger charge is -2.16. The first-order chi connectivity index (χ1) is 8.75. The van der Waals surface area contributed by atoms with Crippen molar-refractivity contribution in [3.05, 3.63) is 42.1 Å². The van der Waals surface area contributed by atoms with E-state index in [0.717, 1.165) is 23.9 Å². The number of pyridine rings is 1. The Kier molecular flexibility index (Phi) is 2.92. The van der Waals surface area contributed by atoms with Gasteiger partial charge in [0, 0.05) is 30.2 Å². The Labute approximate surface area is 110 Å². The highest BCUT2D eigenvalue weighted by molar-refractivity contribution is 6.21. The molecule has 1 aromatic heterocycles. The van der Waals surface area contributed by atoms with Crippen molar-refractivity contribution in [2.75, 3.05) is 13.1 Å². The Morgan fingerprint density at radius 1 is 1.33 bits per heavy atom.